The Morgan fingerprint density at radius 3 is 1.79 bits per heavy atom. The van der Waals surface area contributed by atoms with Crippen LogP contribution in [0.2, 0.25) is 0 Å². The summed E-state index contributed by atoms with van der Waals surface area (Å²) in [5, 5.41) is 4.60. The summed E-state index contributed by atoms with van der Waals surface area (Å²) >= 11 is 0. The first-order chi connectivity index (χ1) is 22.0. The largest absolute Gasteiger partial charge is 0.297 e. The first-order valence-electron chi connectivity index (χ1n) is 15.7. The molecule has 0 aliphatic rings. The highest BCUT2D eigenvalue weighted by Gasteiger charge is 2.19. The molecule has 8 rings (SSSR count). The molecule has 0 spiro atoms. The van der Waals surface area contributed by atoms with Crippen LogP contribution in [0.15, 0.2) is 152 Å². The van der Waals surface area contributed by atoms with Crippen LogP contribution in [0.1, 0.15) is 9.94 Å². The van der Waals surface area contributed by atoms with Gasteiger partial charge in [0.2, 0.25) is 0 Å². The zero-order chi connectivity index (χ0) is 30.5. The van der Waals surface area contributed by atoms with Crippen LogP contribution in [0.4, 0.5) is 0 Å². The number of aryl methyl sites for hydroxylation is 1. The van der Waals surface area contributed by atoms with Gasteiger partial charge >= 0.3 is 0 Å². The van der Waals surface area contributed by atoms with Crippen molar-refractivity contribution in [3.63, 3.8) is 0 Å². The van der Waals surface area contributed by atoms with Crippen molar-refractivity contribution >= 4 is 32.6 Å². The van der Waals surface area contributed by atoms with Gasteiger partial charge in [0.05, 0.1) is 11.0 Å². The Morgan fingerprint density at radius 2 is 1.07 bits per heavy atom. The second-order valence-corrected chi connectivity index (χ2v) is 10.6. The van der Waals surface area contributed by atoms with Gasteiger partial charge in [0.25, 0.3) is 0 Å². The maximum absolute atomic E-state index is 8.26. The van der Waals surface area contributed by atoms with Gasteiger partial charge in [-0.15, -0.1) is 0 Å². The van der Waals surface area contributed by atoms with Crippen molar-refractivity contribution in [2.24, 2.45) is 0 Å². The van der Waals surface area contributed by atoms with Crippen molar-refractivity contribution in [2.45, 2.75) is 6.85 Å². The predicted molar refractivity (Wildman–Crippen MR) is 177 cm³/mol. The minimum atomic E-state index is -2.37. The monoisotopic (exact) mass is 539 g/mol. The van der Waals surface area contributed by atoms with Gasteiger partial charge in [-0.05, 0) is 86.0 Å². The molecular weight excluding hydrogens is 508 g/mol. The van der Waals surface area contributed by atoms with Crippen molar-refractivity contribution in [3.8, 4) is 39.1 Å². The Balaban J connectivity index is 1.42. The standard InChI is InChI=1S/C40H28N2/c1-27-41-37-24-11-12-25-38(37)42(27)30-17-13-16-29(26-30)39-33-20-7-9-22-35(33)40(36-23-10-8-21-34(36)39)32-19-6-5-18-31(32)28-14-3-2-4-15-28/h2-26H,1H3/i1D3. The van der Waals surface area contributed by atoms with E-state index in [9.17, 15) is 0 Å². The fraction of sp³-hybridized carbons (Fsp3) is 0.0250. The van der Waals surface area contributed by atoms with Crippen molar-refractivity contribution < 1.29 is 4.11 Å². The van der Waals surface area contributed by atoms with Gasteiger partial charge in [0, 0.05) is 9.80 Å². The zero-order valence-electron chi connectivity index (χ0n) is 25.8. The lowest BCUT2D eigenvalue weighted by molar-refractivity contribution is 1.00. The Hall–Kier alpha value is -5.47. The maximum Gasteiger partial charge on any atom is 0.111 e. The third-order valence-electron chi connectivity index (χ3n) is 8.17. The lowest BCUT2D eigenvalue weighted by atomic mass is 9.84. The Labute approximate surface area is 249 Å². The molecule has 8 aromatic rings. The highest BCUT2D eigenvalue weighted by atomic mass is 15.1. The van der Waals surface area contributed by atoms with Crippen LogP contribution in [-0.4, -0.2) is 9.55 Å². The van der Waals surface area contributed by atoms with Crippen LogP contribution in [0.5, 0.6) is 0 Å². The van der Waals surface area contributed by atoms with Crippen molar-refractivity contribution in [3.05, 3.63) is 157 Å². The topological polar surface area (TPSA) is 17.8 Å². The first-order valence-corrected chi connectivity index (χ1v) is 14.2. The van der Waals surface area contributed by atoms with E-state index < -0.39 is 6.85 Å². The molecule has 0 bridgehead atoms. The Kier molecular flexibility index (Phi) is 5.00. The number of aromatic nitrogens is 2. The second-order valence-electron chi connectivity index (χ2n) is 10.6. The molecule has 0 aliphatic heterocycles. The summed E-state index contributed by atoms with van der Waals surface area (Å²) in [5.74, 6) is 0.0587. The van der Waals surface area contributed by atoms with Gasteiger partial charge in [-0.1, -0.05) is 127 Å². The van der Waals surface area contributed by atoms with Gasteiger partial charge in [-0.3, -0.25) is 4.57 Å². The average molecular weight is 540 g/mol. The number of hydrogen-bond acceptors (Lipinski definition) is 1. The first kappa shape index (κ1) is 21.3. The fourth-order valence-corrected chi connectivity index (χ4v) is 6.39. The summed E-state index contributed by atoms with van der Waals surface area (Å²) < 4.78 is 26.6. The summed E-state index contributed by atoms with van der Waals surface area (Å²) in [6.45, 7) is -2.37. The number of nitrogens with zero attached hydrogens (tertiary/aromatic N) is 2. The third-order valence-corrected chi connectivity index (χ3v) is 8.17. The van der Waals surface area contributed by atoms with Gasteiger partial charge in [0.1, 0.15) is 5.82 Å². The average Bonchev–Trinajstić information content (AvgIpc) is 3.48. The molecule has 0 saturated heterocycles. The molecule has 0 saturated carbocycles. The van der Waals surface area contributed by atoms with E-state index in [4.69, 9.17) is 4.11 Å². The molecule has 0 N–H and O–H groups in total. The minimum absolute atomic E-state index is 0.0587. The van der Waals surface area contributed by atoms with Crippen LogP contribution < -0.4 is 0 Å². The number of fused-ring (bicyclic) bond motifs is 3. The molecule has 2 nitrogen and oxygen atoms in total. The van der Waals surface area contributed by atoms with Crippen LogP contribution in [0, 0.1) is 6.85 Å². The summed E-state index contributed by atoms with van der Waals surface area (Å²) in [6.07, 6.45) is 0. The van der Waals surface area contributed by atoms with E-state index in [1.54, 1.807) is 4.57 Å². The van der Waals surface area contributed by atoms with Crippen LogP contribution >= 0.6 is 0 Å². The van der Waals surface area contributed by atoms with Gasteiger partial charge < -0.3 is 0 Å². The molecule has 7 aromatic carbocycles. The predicted octanol–water partition coefficient (Wildman–Crippen LogP) is 10.6. The third kappa shape index (κ3) is 3.84. The number of hydrogen-bond donors (Lipinski definition) is 0. The Bertz CT molecular complexity index is 2310. The second kappa shape index (κ2) is 9.87. The SMILES string of the molecule is [2H]C([2H])([2H])c1nc2ccccc2n1-c1cccc(-c2c3ccccc3c(-c3ccccc3-c3ccccc3)c3ccccc23)c1. The Morgan fingerprint density at radius 1 is 0.500 bits per heavy atom. The molecule has 0 aliphatic carbocycles. The summed E-state index contributed by atoms with van der Waals surface area (Å²) in [5.41, 5.74) is 9.06. The smallest absolute Gasteiger partial charge is 0.111 e. The minimum Gasteiger partial charge on any atom is -0.297 e. The van der Waals surface area contributed by atoms with E-state index >= 15 is 0 Å². The zero-order valence-corrected chi connectivity index (χ0v) is 22.8. The van der Waals surface area contributed by atoms with Crippen LogP contribution in [0.3, 0.4) is 0 Å². The fourth-order valence-electron chi connectivity index (χ4n) is 6.39. The highest BCUT2D eigenvalue weighted by Crippen LogP contribution is 2.46. The quantitative estimate of drug-likeness (QED) is 0.203. The van der Waals surface area contributed by atoms with E-state index in [0.29, 0.717) is 5.52 Å². The van der Waals surface area contributed by atoms with Gasteiger partial charge in [-0.25, -0.2) is 4.98 Å². The lowest BCUT2D eigenvalue weighted by Crippen LogP contribution is -1.98. The summed E-state index contributed by atoms with van der Waals surface area (Å²) in [4.78, 5) is 4.54. The molecule has 0 radical (unpaired) electrons. The molecule has 0 fully saturated rings. The molecule has 0 atom stereocenters. The molecule has 0 unspecified atom stereocenters. The lowest BCUT2D eigenvalue weighted by Gasteiger charge is -2.20. The molecule has 1 heterocycles. The van der Waals surface area contributed by atoms with E-state index in [1.807, 2.05) is 42.5 Å². The van der Waals surface area contributed by atoms with E-state index in [-0.39, 0.29) is 5.82 Å². The summed E-state index contributed by atoms with van der Waals surface area (Å²) in [6, 6.07) is 52.1. The molecule has 42 heavy (non-hydrogen) atoms. The number of benzene rings is 7. The normalized spacial score (nSPS) is 12.8. The summed E-state index contributed by atoms with van der Waals surface area (Å²) in [7, 11) is 0. The van der Waals surface area contributed by atoms with Crippen molar-refractivity contribution in [1.29, 1.82) is 0 Å². The maximum atomic E-state index is 8.26. The van der Waals surface area contributed by atoms with Crippen molar-refractivity contribution in [2.75, 3.05) is 0 Å². The number of imidazole rings is 1. The van der Waals surface area contributed by atoms with E-state index in [1.165, 1.54) is 22.3 Å². The van der Waals surface area contributed by atoms with Gasteiger partial charge in [0.15, 0.2) is 0 Å². The van der Waals surface area contributed by atoms with Crippen LogP contribution in [-0.2, 0) is 0 Å². The number of para-hydroxylation sites is 2. The van der Waals surface area contributed by atoms with Crippen molar-refractivity contribution in [1.82, 2.24) is 9.55 Å². The van der Waals surface area contributed by atoms with Crippen LogP contribution in [0.25, 0.3) is 71.6 Å². The molecule has 198 valence electrons. The molecular formula is C40H28N2. The molecule has 0 amide bonds. The number of rotatable bonds is 4. The van der Waals surface area contributed by atoms with E-state index in [0.717, 1.165) is 43.9 Å². The molecule has 1 aromatic heterocycles. The highest BCUT2D eigenvalue weighted by molar-refractivity contribution is 6.22. The molecule has 2 heteroatoms. The van der Waals surface area contributed by atoms with E-state index in [2.05, 4.69) is 114 Å². The van der Waals surface area contributed by atoms with Gasteiger partial charge in [-0.2, -0.15) is 0 Å².